The molecule has 2 unspecified atom stereocenters. The van der Waals surface area contributed by atoms with Crippen LogP contribution in [0.15, 0.2) is 42.5 Å². The van der Waals surface area contributed by atoms with Crippen molar-refractivity contribution < 1.29 is 14.3 Å². The van der Waals surface area contributed by atoms with E-state index in [1.165, 1.54) is 16.7 Å². The Kier molecular flexibility index (Phi) is 6.16. The van der Waals surface area contributed by atoms with Gasteiger partial charge in [-0.05, 0) is 80.0 Å². The zero-order valence-corrected chi connectivity index (χ0v) is 17.0. The van der Waals surface area contributed by atoms with Gasteiger partial charge < -0.3 is 20.5 Å². The van der Waals surface area contributed by atoms with Crippen molar-refractivity contribution >= 4 is 5.91 Å². The first-order chi connectivity index (χ1) is 14.1. The van der Waals surface area contributed by atoms with E-state index in [-0.39, 0.29) is 24.1 Å². The number of carbonyl (C=O) groups excluding carboxylic acids is 1. The quantitative estimate of drug-likeness (QED) is 0.786. The summed E-state index contributed by atoms with van der Waals surface area (Å²) < 4.78 is 11.3. The van der Waals surface area contributed by atoms with Crippen LogP contribution in [0, 0.1) is 0 Å². The maximum atomic E-state index is 12.7. The van der Waals surface area contributed by atoms with E-state index in [0.717, 1.165) is 44.5 Å². The van der Waals surface area contributed by atoms with Crippen molar-refractivity contribution in [2.24, 2.45) is 5.73 Å². The van der Waals surface area contributed by atoms with Gasteiger partial charge in [0, 0.05) is 24.3 Å². The van der Waals surface area contributed by atoms with Gasteiger partial charge in [0.25, 0.3) is 5.91 Å². The third kappa shape index (κ3) is 4.98. The van der Waals surface area contributed by atoms with E-state index >= 15 is 0 Å². The van der Waals surface area contributed by atoms with E-state index in [4.69, 9.17) is 15.2 Å². The normalized spacial score (nSPS) is 22.0. The Bertz CT molecular complexity index is 842. The molecule has 1 aliphatic heterocycles. The highest BCUT2D eigenvalue weighted by Gasteiger charge is 2.21. The molecule has 0 bridgehead atoms. The van der Waals surface area contributed by atoms with E-state index in [1.807, 2.05) is 31.2 Å². The molecule has 0 spiro atoms. The number of nitrogens with one attached hydrogen (secondary N) is 1. The van der Waals surface area contributed by atoms with Crippen molar-refractivity contribution in [3.63, 3.8) is 0 Å². The number of hydrogen-bond acceptors (Lipinski definition) is 4. The second kappa shape index (κ2) is 8.97. The molecule has 154 valence electrons. The third-order valence-corrected chi connectivity index (χ3v) is 5.90. The van der Waals surface area contributed by atoms with Gasteiger partial charge in [0.2, 0.25) is 0 Å². The molecule has 29 heavy (non-hydrogen) atoms. The molecule has 1 heterocycles. The highest BCUT2D eigenvalue weighted by atomic mass is 16.5. The molecular weight excluding hydrogens is 364 g/mol. The van der Waals surface area contributed by atoms with Crippen LogP contribution in [-0.2, 0) is 17.6 Å². The maximum Gasteiger partial charge on any atom is 0.251 e. The predicted molar refractivity (Wildman–Crippen MR) is 113 cm³/mol. The highest BCUT2D eigenvalue weighted by Crippen LogP contribution is 2.25. The Morgan fingerprint density at radius 2 is 2.03 bits per heavy atom. The third-order valence-electron chi connectivity index (χ3n) is 5.90. The van der Waals surface area contributed by atoms with Crippen LogP contribution >= 0.6 is 0 Å². The molecular formula is C24H30N2O3. The first-order valence-corrected chi connectivity index (χ1v) is 10.6. The van der Waals surface area contributed by atoms with Gasteiger partial charge in [0.05, 0.1) is 6.10 Å². The number of benzene rings is 2. The minimum Gasteiger partial charge on any atom is -0.491 e. The molecule has 2 aromatic rings. The molecule has 4 rings (SSSR count). The molecule has 0 aromatic heterocycles. The summed E-state index contributed by atoms with van der Waals surface area (Å²) in [6.45, 7) is 3.40. The average Bonchev–Trinajstić information content (AvgIpc) is 3.26. The van der Waals surface area contributed by atoms with Crippen LogP contribution in [0.3, 0.4) is 0 Å². The van der Waals surface area contributed by atoms with E-state index in [2.05, 4.69) is 23.5 Å². The van der Waals surface area contributed by atoms with Crippen molar-refractivity contribution in [3.8, 4) is 5.75 Å². The van der Waals surface area contributed by atoms with Gasteiger partial charge in [0.15, 0.2) is 0 Å². The van der Waals surface area contributed by atoms with Crippen molar-refractivity contribution in [2.45, 2.75) is 57.2 Å². The molecule has 1 fully saturated rings. The van der Waals surface area contributed by atoms with E-state index < -0.39 is 0 Å². The Morgan fingerprint density at radius 3 is 2.76 bits per heavy atom. The van der Waals surface area contributed by atoms with Gasteiger partial charge >= 0.3 is 0 Å². The lowest BCUT2D eigenvalue weighted by Gasteiger charge is -2.26. The van der Waals surface area contributed by atoms with E-state index in [1.54, 1.807) is 0 Å². The summed E-state index contributed by atoms with van der Waals surface area (Å²) in [6.07, 6.45) is 5.13. The number of carbonyl (C=O) groups is 1. The fourth-order valence-electron chi connectivity index (χ4n) is 4.12. The minimum atomic E-state index is -0.0312. The first kappa shape index (κ1) is 19.9. The fourth-order valence-corrected chi connectivity index (χ4v) is 4.12. The monoisotopic (exact) mass is 394 g/mol. The molecule has 3 atom stereocenters. The summed E-state index contributed by atoms with van der Waals surface area (Å²) in [6, 6.07) is 14.0. The topological polar surface area (TPSA) is 73.6 Å². The Morgan fingerprint density at radius 1 is 1.21 bits per heavy atom. The Labute approximate surface area is 172 Å². The number of hydrogen-bond donors (Lipinski definition) is 2. The second-order valence-electron chi connectivity index (χ2n) is 8.20. The van der Waals surface area contributed by atoms with Crippen LogP contribution in [0.5, 0.6) is 5.75 Å². The maximum absolute atomic E-state index is 12.7. The van der Waals surface area contributed by atoms with Gasteiger partial charge in [-0.2, -0.15) is 0 Å². The minimum absolute atomic E-state index is 0.0312. The van der Waals surface area contributed by atoms with Crippen molar-refractivity contribution in [1.82, 2.24) is 5.32 Å². The molecule has 2 aliphatic rings. The molecule has 3 N–H and O–H groups in total. The average molecular weight is 395 g/mol. The zero-order chi connectivity index (χ0) is 20.2. The van der Waals surface area contributed by atoms with Crippen molar-refractivity contribution in [1.29, 1.82) is 0 Å². The summed E-state index contributed by atoms with van der Waals surface area (Å²) in [7, 11) is 0. The van der Waals surface area contributed by atoms with Crippen molar-refractivity contribution in [2.75, 3.05) is 13.2 Å². The molecule has 1 amide bonds. The van der Waals surface area contributed by atoms with Gasteiger partial charge in [-0.1, -0.05) is 18.2 Å². The first-order valence-electron chi connectivity index (χ1n) is 10.6. The SMILES string of the molecule is C[C@@H](N)c1ccc2c(c1)CCC(NC(=O)c1ccc(OCC3CCCO3)cc1)C2. The predicted octanol–water partition coefficient (Wildman–Crippen LogP) is 3.55. The molecule has 2 aromatic carbocycles. The van der Waals surface area contributed by atoms with Crippen LogP contribution < -0.4 is 15.8 Å². The largest absolute Gasteiger partial charge is 0.491 e. The summed E-state index contributed by atoms with van der Waals surface area (Å²) in [5.74, 6) is 0.741. The van der Waals surface area contributed by atoms with Gasteiger partial charge in [-0.3, -0.25) is 4.79 Å². The van der Waals surface area contributed by atoms with Gasteiger partial charge in [-0.25, -0.2) is 0 Å². The lowest BCUT2D eigenvalue weighted by Crippen LogP contribution is -2.38. The fraction of sp³-hybridized carbons (Fsp3) is 0.458. The Hall–Kier alpha value is -2.37. The van der Waals surface area contributed by atoms with Crippen LogP contribution in [0.2, 0.25) is 0 Å². The number of fused-ring (bicyclic) bond motifs is 1. The van der Waals surface area contributed by atoms with E-state index in [0.29, 0.717) is 12.2 Å². The molecule has 0 saturated carbocycles. The molecule has 5 nitrogen and oxygen atoms in total. The highest BCUT2D eigenvalue weighted by molar-refractivity contribution is 5.94. The number of rotatable bonds is 6. The smallest absolute Gasteiger partial charge is 0.251 e. The van der Waals surface area contributed by atoms with Crippen LogP contribution in [0.1, 0.15) is 59.3 Å². The van der Waals surface area contributed by atoms with Crippen LogP contribution in [-0.4, -0.2) is 31.3 Å². The molecule has 1 aliphatic carbocycles. The van der Waals surface area contributed by atoms with Crippen LogP contribution in [0.4, 0.5) is 0 Å². The summed E-state index contributed by atoms with van der Waals surface area (Å²) >= 11 is 0. The standard InChI is InChI=1S/C24H30N2O3/c1-16(25)18-4-5-20-14-21(9-6-19(20)13-18)26-24(27)17-7-10-22(11-8-17)29-15-23-3-2-12-28-23/h4-5,7-8,10-11,13,16,21,23H,2-3,6,9,12,14-15,25H2,1H3,(H,26,27)/t16-,21?,23?/m1/s1. The summed E-state index contributed by atoms with van der Waals surface area (Å²) in [4.78, 5) is 12.7. The second-order valence-corrected chi connectivity index (χ2v) is 8.20. The van der Waals surface area contributed by atoms with E-state index in [9.17, 15) is 4.79 Å². The van der Waals surface area contributed by atoms with Crippen LogP contribution in [0.25, 0.3) is 0 Å². The van der Waals surface area contributed by atoms with Crippen molar-refractivity contribution in [3.05, 3.63) is 64.7 Å². The van der Waals surface area contributed by atoms with Gasteiger partial charge in [-0.15, -0.1) is 0 Å². The molecule has 1 saturated heterocycles. The number of ether oxygens (including phenoxy) is 2. The molecule has 0 radical (unpaired) electrons. The number of amides is 1. The number of aryl methyl sites for hydroxylation is 1. The lowest BCUT2D eigenvalue weighted by molar-refractivity contribution is 0.0679. The zero-order valence-electron chi connectivity index (χ0n) is 17.0. The Balaban J connectivity index is 1.31. The summed E-state index contributed by atoms with van der Waals surface area (Å²) in [5, 5.41) is 3.19. The lowest BCUT2D eigenvalue weighted by atomic mass is 9.86. The molecule has 5 heteroatoms. The number of nitrogens with two attached hydrogens (primary N) is 1. The summed E-state index contributed by atoms with van der Waals surface area (Å²) in [5.41, 5.74) is 10.5. The van der Waals surface area contributed by atoms with Gasteiger partial charge in [0.1, 0.15) is 12.4 Å².